The molecule has 0 spiro atoms. The van der Waals surface area contributed by atoms with E-state index >= 15 is 0 Å². The van der Waals surface area contributed by atoms with Crippen LogP contribution in [0, 0.1) is 20.2 Å². The number of non-ortho nitro benzene ring substituents is 2. The molecule has 0 saturated heterocycles. The fraction of sp³-hybridized carbons (Fsp3) is 0.0625. The van der Waals surface area contributed by atoms with E-state index in [1.54, 1.807) is 36.4 Å². The summed E-state index contributed by atoms with van der Waals surface area (Å²) in [7, 11) is 0. The number of nitrogens with zero attached hydrogens (tertiary/aromatic N) is 8. The lowest BCUT2D eigenvalue weighted by atomic mass is 10.0. The number of para-hydroxylation sites is 2. The van der Waals surface area contributed by atoms with Crippen molar-refractivity contribution in [2.24, 2.45) is 20.5 Å². The van der Waals surface area contributed by atoms with Gasteiger partial charge in [-0.15, -0.1) is 0 Å². The fourth-order valence-electron chi connectivity index (χ4n) is 8.58. The molecule has 10 rings (SSSR count). The number of anilines is 8. The van der Waals surface area contributed by atoms with Gasteiger partial charge in [-0.1, -0.05) is 48.5 Å². The number of benzene rings is 10. The van der Waals surface area contributed by atoms with Crippen LogP contribution in [0.1, 0.15) is 0 Å². The fourth-order valence-corrected chi connectivity index (χ4v) is 8.58. The maximum absolute atomic E-state index is 11.0. The van der Waals surface area contributed by atoms with Crippen LogP contribution in [-0.2, 0) is 0 Å². The van der Waals surface area contributed by atoms with Crippen LogP contribution in [0.2, 0.25) is 0 Å². The summed E-state index contributed by atoms with van der Waals surface area (Å²) in [5.41, 5.74) is 23.2. The van der Waals surface area contributed by atoms with Crippen molar-refractivity contribution in [3.63, 3.8) is 0 Å². The number of rotatable bonds is 23. The molecule has 0 heterocycles. The smallest absolute Gasteiger partial charge is 0.269 e. The Hall–Kier alpha value is -11.4. The van der Waals surface area contributed by atoms with Crippen molar-refractivity contribution in [1.29, 1.82) is 0 Å². The Morgan fingerprint density at radius 1 is 0.341 bits per heavy atom. The van der Waals surface area contributed by atoms with E-state index in [0.29, 0.717) is 57.1 Å². The zero-order valence-corrected chi connectivity index (χ0v) is 43.9. The number of nitro benzene ring substituents is 2. The minimum absolute atomic E-state index is 0.00945. The molecule has 0 bridgehead atoms. The molecule has 0 aliphatic heterocycles. The number of nitrogen functional groups attached to an aromatic ring is 2. The molecular formula is C64H52N10O8. The Balaban J connectivity index is 0.712. The number of nitro groups is 2. The lowest BCUT2D eigenvalue weighted by molar-refractivity contribution is -0.385. The highest BCUT2D eigenvalue weighted by Crippen LogP contribution is 2.39. The SMILES string of the molecule is Nc1ccc(-c2ccc(N)c(OCCOc3ccc(N(c4ccccc4)c4ccc(N=Nc5ccc([N+](=O)[O-])cc5)cc4)cc3)c2)cc1OCCOc1ccc(N(c2ccccc2)c2ccc(N=Nc3ccc([N+](=O)[O-])cc3)cc2)cc1. The second-order valence-electron chi connectivity index (χ2n) is 18.2. The van der Waals surface area contributed by atoms with Gasteiger partial charge in [-0.05, 0) is 181 Å². The van der Waals surface area contributed by atoms with Crippen molar-refractivity contribution in [2.75, 3.05) is 47.7 Å². The highest BCUT2D eigenvalue weighted by atomic mass is 16.6. The third-order valence-corrected chi connectivity index (χ3v) is 12.7. The zero-order chi connectivity index (χ0) is 56.6. The van der Waals surface area contributed by atoms with Gasteiger partial charge in [0.1, 0.15) is 49.4 Å². The van der Waals surface area contributed by atoms with Gasteiger partial charge in [0.15, 0.2) is 0 Å². The van der Waals surface area contributed by atoms with Gasteiger partial charge in [0.25, 0.3) is 11.4 Å². The summed E-state index contributed by atoms with van der Waals surface area (Å²) >= 11 is 0. The highest BCUT2D eigenvalue weighted by Gasteiger charge is 2.16. The zero-order valence-electron chi connectivity index (χ0n) is 43.9. The van der Waals surface area contributed by atoms with Crippen molar-refractivity contribution >= 4 is 79.6 Å². The minimum Gasteiger partial charge on any atom is -0.490 e. The van der Waals surface area contributed by atoms with Gasteiger partial charge in [0, 0.05) is 58.4 Å². The average Bonchev–Trinajstić information content (AvgIpc) is 3.71. The van der Waals surface area contributed by atoms with Gasteiger partial charge in [0.05, 0.1) is 44.0 Å². The molecule has 406 valence electrons. The van der Waals surface area contributed by atoms with Crippen LogP contribution in [0.3, 0.4) is 0 Å². The van der Waals surface area contributed by atoms with Crippen LogP contribution in [0.4, 0.5) is 79.6 Å². The predicted octanol–water partition coefficient (Wildman–Crippen LogP) is 17.0. The highest BCUT2D eigenvalue weighted by molar-refractivity contribution is 5.79. The van der Waals surface area contributed by atoms with Gasteiger partial charge in [-0.3, -0.25) is 20.2 Å². The Morgan fingerprint density at radius 2 is 0.622 bits per heavy atom. The molecular weight excluding hydrogens is 1040 g/mol. The molecule has 0 unspecified atom stereocenters. The second kappa shape index (κ2) is 25.8. The van der Waals surface area contributed by atoms with E-state index in [4.69, 9.17) is 30.4 Å². The topological polar surface area (TPSA) is 231 Å². The molecule has 0 aliphatic rings. The monoisotopic (exact) mass is 1090 g/mol. The van der Waals surface area contributed by atoms with Crippen molar-refractivity contribution < 1.29 is 28.8 Å². The Labute approximate surface area is 471 Å². The van der Waals surface area contributed by atoms with E-state index in [-0.39, 0.29) is 37.8 Å². The van der Waals surface area contributed by atoms with Crippen LogP contribution in [0.15, 0.2) is 263 Å². The molecule has 0 aliphatic carbocycles. The normalized spacial score (nSPS) is 11.1. The van der Waals surface area contributed by atoms with E-state index in [9.17, 15) is 20.2 Å². The van der Waals surface area contributed by atoms with Crippen LogP contribution >= 0.6 is 0 Å². The molecule has 0 aromatic heterocycles. The summed E-state index contributed by atoms with van der Waals surface area (Å²) < 4.78 is 24.5. The Bertz CT molecular complexity index is 3570. The second-order valence-corrected chi connectivity index (χ2v) is 18.2. The first-order valence-corrected chi connectivity index (χ1v) is 25.8. The minimum atomic E-state index is -0.454. The van der Waals surface area contributed by atoms with E-state index < -0.39 is 9.85 Å². The average molecular weight is 1090 g/mol. The van der Waals surface area contributed by atoms with E-state index in [0.717, 1.165) is 45.3 Å². The van der Waals surface area contributed by atoms with Crippen LogP contribution in [0.5, 0.6) is 23.0 Å². The Kier molecular flexibility index (Phi) is 17.0. The third kappa shape index (κ3) is 13.8. The first-order chi connectivity index (χ1) is 40.1. The first kappa shape index (κ1) is 54.0. The van der Waals surface area contributed by atoms with Crippen molar-refractivity contribution in [3.8, 4) is 34.1 Å². The molecule has 10 aromatic carbocycles. The molecule has 0 fully saturated rings. The number of hydrogen-bond donors (Lipinski definition) is 2. The molecule has 4 N–H and O–H groups in total. The molecule has 18 nitrogen and oxygen atoms in total. The predicted molar refractivity (Wildman–Crippen MR) is 319 cm³/mol. The van der Waals surface area contributed by atoms with Gasteiger partial charge in [-0.25, -0.2) is 0 Å². The van der Waals surface area contributed by atoms with Crippen LogP contribution in [0.25, 0.3) is 11.1 Å². The van der Waals surface area contributed by atoms with Gasteiger partial charge >= 0.3 is 0 Å². The third-order valence-electron chi connectivity index (χ3n) is 12.7. The molecule has 82 heavy (non-hydrogen) atoms. The summed E-state index contributed by atoms with van der Waals surface area (Å²) in [6.45, 7) is 1.00. The van der Waals surface area contributed by atoms with E-state index in [2.05, 4.69) is 30.3 Å². The number of ether oxygens (including phenoxy) is 4. The molecule has 10 aromatic rings. The molecule has 0 amide bonds. The van der Waals surface area contributed by atoms with Crippen LogP contribution in [-0.4, -0.2) is 36.3 Å². The maximum Gasteiger partial charge on any atom is 0.269 e. The van der Waals surface area contributed by atoms with E-state index in [1.165, 1.54) is 24.3 Å². The largest absolute Gasteiger partial charge is 0.490 e. The molecule has 18 heteroatoms. The first-order valence-electron chi connectivity index (χ1n) is 25.8. The van der Waals surface area contributed by atoms with Crippen LogP contribution < -0.4 is 40.2 Å². The van der Waals surface area contributed by atoms with Crippen molar-refractivity contribution in [2.45, 2.75) is 0 Å². The van der Waals surface area contributed by atoms with Crippen molar-refractivity contribution in [1.82, 2.24) is 0 Å². The summed E-state index contributed by atoms with van der Waals surface area (Å²) in [5.74, 6) is 2.36. The lowest BCUT2D eigenvalue weighted by Gasteiger charge is -2.25. The number of hydrogen-bond acceptors (Lipinski definition) is 16. The lowest BCUT2D eigenvalue weighted by Crippen LogP contribution is -2.11. The van der Waals surface area contributed by atoms with Gasteiger partial charge in [0.2, 0.25) is 0 Å². The summed E-state index contributed by atoms with van der Waals surface area (Å²) in [5, 5.41) is 39.1. The summed E-state index contributed by atoms with van der Waals surface area (Å²) in [6.07, 6.45) is 0. The number of azo groups is 2. The maximum atomic E-state index is 11.0. The number of nitrogens with two attached hydrogens (primary N) is 2. The Morgan fingerprint density at radius 3 is 0.939 bits per heavy atom. The van der Waals surface area contributed by atoms with Crippen molar-refractivity contribution in [3.05, 3.63) is 263 Å². The van der Waals surface area contributed by atoms with Gasteiger partial charge < -0.3 is 40.2 Å². The van der Waals surface area contributed by atoms with Gasteiger partial charge in [-0.2, -0.15) is 20.5 Å². The molecule has 0 saturated carbocycles. The standard InChI is InChI=1S/C64H52N10O8/c65-61-37-11-45(43-63(61)81-41-39-79-59-33-29-55(30-34-59)71(51-7-3-1-4-8-51)53-21-13-47(14-22-53)67-69-49-17-25-57(26-18-49)73(75)76)46-12-38-62(66)64(44-46)82-42-40-80-60-35-31-56(32-36-60)72(52-9-5-2-6-10-52)54-23-15-48(16-24-54)68-70-50-19-27-58(28-20-50)74(77)78/h1-38,43-44H,39-42,65-66H2. The molecule has 0 atom stereocenters. The summed E-state index contributed by atoms with van der Waals surface area (Å²) in [4.78, 5) is 25.3. The summed E-state index contributed by atoms with van der Waals surface area (Å²) in [6, 6.07) is 73.8. The van der Waals surface area contributed by atoms with E-state index in [1.807, 2.05) is 182 Å². The quantitative estimate of drug-likeness (QED) is 0.0200. The molecule has 0 radical (unpaired) electrons.